The van der Waals surface area contributed by atoms with Crippen molar-refractivity contribution in [2.75, 3.05) is 0 Å². The lowest BCUT2D eigenvalue weighted by atomic mass is 10.0. The molecular formula is C18H31NO. The summed E-state index contributed by atoms with van der Waals surface area (Å²) < 4.78 is 5.65. The Morgan fingerprint density at radius 1 is 0.950 bits per heavy atom. The van der Waals surface area contributed by atoms with E-state index >= 15 is 0 Å². The van der Waals surface area contributed by atoms with Crippen LogP contribution in [0.25, 0.3) is 0 Å². The Bertz CT molecular complexity index is 356. The minimum absolute atomic E-state index is 0.236. The van der Waals surface area contributed by atoms with Crippen LogP contribution in [0.15, 0.2) is 24.3 Å². The van der Waals surface area contributed by atoms with Crippen molar-refractivity contribution >= 4 is 0 Å². The summed E-state index contributed by atoms with van der Waals surface area (Å²) in [6.07, 6.45) is 4.13. The molecule has 2 heteroatoms. The molecule has 1 atom stereocenters. The molecule has 2 nitrogen and oxygen atoms in total. The van der Waals surface area contributed by atoms with Crippen molar-refractivity contribution in [3.8, 4) is 5.75 Å². The minimum Gasteiger partial charge on any atom is -0.491 e. The molecule has 1 N–H and O–H groups in total. The van der Waals surface area contributed by atoms with Crippen LogP contribution in [0, 0.1) is 5.92 Å². The van der Waals surface area contributed by atoms with E-state index in [1.54, 1.807) is 0 Å². The van der Waals surface area contributed by atoms with Gasteiger partial charge in [0.1, 0.15) is 5.75 Å². The van der Waals surface area contributed by atoms with Crippen molar-refractivity contribution < 1.29 is 4.74 Å². The first-order valence-corrected chi connectivity index (χ1v) is 7.96. The maximum atomic E-state index is 5.65. The zero-order valence-corrected chi connectivity index (χ0v) is 13.8. The van der Waals surface area contributed by atoms with Gasteiger partial charge in [-0.05, 0) is 50.8 Å². The van der Waals surface area contributed by atoms with Crippen LogP contribution in [0.5, 0.6) is 5.75 Å². The Labute approximate surface area is 124 Å². The van der Waals surface area contributed by atoms with Gasteiger partial charge in [0.15, 0.2) is 0 Å². The van der Waals surface area contributed by atoms with Crippen molar-refractivity contribution in [3.63, 3.8) is 0 Å². The van der Waals surface area contributed by atoms with Gasteiger partial charge >= 0.3 is 0 Å². The Morgan fingerprint density at radius 3 is 2.15 bits per heavy atom. The molecule has 1 aromatic carbocycles. The van der Waals surface area contributed by atoms with Crippen molar-refractivity contribution in [2.45, 2.75) is 72.6 Å². The summed E-state index contributed by atoms with van der Waals surface area (Å²) in [5, 5.41) is 3.59. The van der Waals surface area contributed by atoms with Crippen LogP contribution in [0.4, 0.5) is 0 Å². The minimum atomic E-state index is 0.236. The lowest BCUT2D eigenvalue weighted by Crippen LogP contribution is -2.25. The molecule has 1 aromatic rings. The molecule has 0 spiro atoms. The molecule has 0 amide bonds. The van der Waals surface area contributed by atoms with E-state index in [0.29, 0.717) is 6.04 Å². The fourth-order valence-corrected chi connectivity index (χ4v) is 2.18. The first kappa shape index (κ1) is 17.0. The molecule has 114 valence electrons. The van der Waals surface area contributed by atoms with Gasteiger partial charge in [0.05, 0.1) is 6.10 Å². The second kappa shape index (κ2) is 9.02. The lowest BCUT2D eigenvalue weighted by Gasteiger charge is -2.15. The second-order valence-electron chi connectivity index (χ2n) is 6.42. The molecule has 0 aromatic heterocycles. The van der Waals surface area contributed by atoms with Gasteiger partial charge < -0.3 is 10.1 Å². The maximum absolute atomic E-state index is 5.65. The van der Waals surface area contributed by atoms with Gasteiger partial charge in [-0.3, -0.25) is 0 Å². The molecule has 0 aliphatic carbocycles. The maximum Gasteiger partial charge on any atom is 0.119 e. The number of nitrogens with one attached hydrogen (secondary N) is 1. The van der Waals surface area contributed by atoms with Crippen molar-refractivity contribution in [2.24, 2.45) is 5.92 Å². The Morgan fingerprint density at radius 2 is 1.60 bits per heavy atom. The number of hydrogen-bond acceptors (Lipinski definition) is 2. The molecule has 0 aliphatic heterocycles. The highest BCUT2D eigenvalue weighted by atomic mass is 16.5. The standard InChI is InChI=1S/C18H31NO/c1-14(2)7-6-8-16(5)19-13-17-9-11-18(12-10-17)20-15(3)4/h9-12,14-16,19H,6-8,13H2,1-5H3. The van der Waals surface area contributed by atoms with Crippen molar-refractivity contribution in [1.29, 1.82) is 0 Å². The van der Waals surface area contributed by atoms with Gasteiger partial charge in [0, 0.05) is 12.6 Å². The first-order valence-electron chi connectivity index (χ1n) is 7.96. The van der Waals surface area contributed by atoms with Gasteiger partial charge in [-0.2, -0.15) is 0 Å². The molecule has 0 aliphatic rings. The van der Waals surface area contributed by atoms with Crippen LogP contribution in [0.1, 0.15) is 59.4 Å². The summed E-state index contributed by atoms with van der Waals surface area (Å²) in [7, 11) is 0. The van der Waals surface area contributed by atoms with E-state index in [-0.39, 0.29) is 6.10 Å². The molecule has 0 radical (unpaired) electrons. The molecule has 0 saturated heterocycles. The van der Waals surface area contributed by atoms with E-state index in [1.807, 2.05) is 13.8 Å². The summed E-state index contributed by atoms with van der Waals surface area (Å²) in [5.74, 6) is 1.77. The average Bonchev–Trinajstić information content (AvgIpc) is 2.37. The summed E-state index contributed by atoms with van der Waals surface area (Å²) in [4.78, 5) is 0. The molecule has 0 saturated carbocycles. The van der Waals surface area contributed by atoms with Crippen LogP contribution in [0.2, 0.25) is 0 Å². The van der Waals surface area contributed by atoms with Gasteiger partial charge in [0.2, 0.25) is 0 Å². The van der Waals surface area contributed by atoms with Gasteiger partial charge in [-0.15, -0.1) is 0 Å². The normalized spacial score (nSPS) is 12.9. The van der Waals surface area contributed by atoms with E-state index in [2.05, 4.69) is 50.4 Å². The van der Waals surface area contributed by atoms with Crippen molar-refractivity contribution in [3.05, 3.63) is 29.8 Å². The zero-order valence-electron chi connectivity index (χ0n) is 13.8. The Kier molecular flexibility index (Phi) is 7.68. The summed E-state index contributed by atoms with van der Waals surface area (Å²) in [5.41, 5.74) is 1.32. The molecule has 1 unspecified atom stereocenters. The smallest absolute Gasteiger partial charge is 0.119 e. The average molecular weight is 277 g/mol. The van der Waals surface area contributed by atoms with Gasteiger partial charge in [0.25, 0.3) is 0 Å². The van der Waals surface area contributed by atoms with Gasteiger partial charge in [-0.1, -0.05) is 38.8 Å². The third kappa shape index (κ3) is 7.54. The predicted octanol–water partition coefficient (Wildman–Crippen LogP) is 4.78. The highest BCUT2D eigenvalue weighted by Gasteiger charge is 2.03. The summed E-state index contributed by atoms with van der Waals surface area (Å²) in [6.45, 7) is 11.9. The van der Waals surface area contributed by atoms with E-state index in [0.717, 1.165) is 18.2 Å². The van der Waals surface area contributed by atoms with Crippen LogP contribution in [0.3, 0.4) is 0 Å². The number of benzene rings is 1. The highest BCUT2D eigenvalue weighted by Crippen LogP contribution is 2.14. The topological polar surface area (TPSA) is 21.3 Å². The van der Waals surface area contributed by atoms with Crippen LogP contribution in [-0.2, 0) is 6.54 Å². The molecular weight excluding hydrogens is 246 g/mol. The van der Waals surface area contributed by atoms with E-state index in [4.69, 9.17) is 4.74 Å². The predicted molar refractivity (Wildman–Crippen MR) is 87.2 cm³/mol. The van der Waals surface area contributed by atoms with E-state index in [9.17, 15) is 0 Å². The third-order valence-electron chi connectivity index (χ3n) is 3.37. The van der Waals surface area contributed by atoms with Crippen LogP contribution in [-0.4, -0.2) is 12.1 Å². The fourth-order valence-electron chi connectivity index (χ4n) is 2.18. The number of hydrogen-bond donors (Lipinski definition) is 1. The summed E-state index contributed by atoms with van der Waals surface area (Å²) >= 11 is 0. The first-order chi connectivity index (χ1) is 9.47. The molecule has 0 fully saturated rings. The van der Waals surface area contributed by atoms with Crippen LogP contribution >= 0.6 is 0 Å². The molecule has 0 heterocycles. The SMILES string of the molecule is CC(C)CCCC(C)NCc1ccc(OC(C)C)cc1. The number of rotatable bonds is 9. The van der Waals surface area contributed by atoms with E-state index in [1.165, 1.54) is 24.8 Å². The monoisotopic (exact) mass is 277 g/mol. The Hall–Kier alpha value is -1.02. The van der Waals surface area contributed by atoms with Crippen molar-refractivity contribution in [1.82, 2.24) is 5.32 Å². The zero-order chi connectivity index (χ0) is 15.0. The highest BCUT2D eigenvalue weighted by molar-refractivity contribution is 5.27. The van der Waals surface area contributed by atoms with E-state index < -0.39 is 0 Å². The fraction of sp³-hybridized carbons (Fsp3) is 0.667. The number of ether oxygens (including phenoxy) is 1. The molecule has 20 heavy (non-hydrogen) atoms. The Balaban J connectivity index is 2.27. The van der Waals surface area contributed by atoms with Crippen LogP contribution < -0.4 is 10.1 Å². The summed E-state index contributed by atoms with van der Waals surface area (Å²) in [6, 6.07) is 8.98. The van der Waals surface area contributed by atoms with Gasteiger partial charge in [-0.25, -0.2) is 0 Å². The molecule has 1 rings (SSSR count). The third-order valence-corrected chi connectivity index (χ3v) is 3.37. The second-order valence-corrected chi connectivity index (χ2v) is 6.42. The lowest BCUT2D eigenvalue weighted by molar-refractivity contribution is 0.242. The quantitative estimate of drug-likeness (QED) is 0.701. The molecule has 0 bridgehead atoms. The largest absolute Gasteiger partial charge is 0.491 e.